The van der Waals surface area contributed by atoms with E-state index in [9.17, 15) is 4.79 Å². The molecule has 2 amide bonds. The van der Waals surface area contributed by atoms with Crippen LogP contribution in [0.1, 0.15) is 12.8 Å². The number of nitrogens with one attached hydrogen (secondary N) is 1. The van der Waals surface area contributed by atoms with Gasteiger partial charge in [-0.05, 0) is 38.6 Å². The van der Waals surface area contributed by atoms with E-state index in [-0.39, 0.29) is 6.03 Å². The van der Waals surface area contributed by atoms with Crippen LogP contribution in [0.2, 0.25) is 0 Å². The van der Waals surface area contributed by atoms with Crippen LogP contribution in [-0.2, 0) is 0 Å². The molecule has 1 heterocycles. The molecule has 1 aliphatic rings. The fourth-order valence-electron chi connectivity index (χ4n) is 2.28. The highest BCUT2D eigenvalue weighted by Gasteiger charge is 2.25. The Morgan fingerprint density at radius 1 is 1.22 bits per heavy atom. The van der Waals surface area contributed by atoms with Crippen LogP contribution in [-0.4, -0.2) is 44.2 Å². The molecule has 1 N–H and O–H groups in total. The quantitative estimate of drug-likeness (QED) is 0.807. The number of amides is 2. The standard InChI is InChI=1S/C14H21N3O/c1-15-9-5-10-16-11-6-12-17(14(16)18)13-7-3-2-4-8-13/h2-4,7-8,15H,5-6,9-12H2,1H3. The zero-order valence-electron chi connectivity index (χ0n) is 10.9. The van der Waals surface area contributed by atoms with Crippen molar-refractivity contribution in [1.82, 2.24) is 10.2 Å². The Balaban J connectivity index is 1.98. The van der Waals surface area contributed by atoms with E-state index in [0.717, 1.165) is 44.7 Å². The third-order valence-corrected chi connectivity index (χ3v) is 3.23. The average Bonchev–Trinajstić information content (AvgIpc) is 2.42. The number of carbonyl (C=O) groups excluding carboxylic acids is 1. The van der Waals surface area contributed by atoms with E-state index in [1.807, 2.05) is 47.2 Å². The van der Waals surface area contributed by atoms with Crippen LogP contribution in [0.5, 0.6) is 0 Å². The summed E-state index contributed by atoms with van der Waals surface area (Å²) >= 11 is 0. The van der Waals surface area contributed by atoms with Gasteiger partial charge in [-0.2, -0.15) is 0 Å². The van der Waals surface area contributed by atoms with Gasteiger partial charge in [0.1, 0.15) is 0 Å². The highest BCUT2D eigenvalue weighted by molar-refractivity contribution is 5.92. The minimum absolute atomic E-state index is 0.142. The number of urea groups is 1. The zero-order valence-corrected chi connectivity index (χ0v) is 10.9. The minimum atomic E-state index is 0.142. The number of hydrogen-bond acceptors (Lipinski definition) is 2. The summed E-state index contributed by atoms with van der Waals surface area (Å²) in [5.74, 6) is 0. The summed E-state index contributed by atoms with van der Waals surface area (Å²) in [6.45, 7) is 3.50. The second-order valence-corrected chi connectivity index (χ2v) is 4.57. The molecule has 0 aliphatic carbocycles. The monoisotopic (exact) mass is 247 g/mol. The number of anilines is 1. The Labute approximate surface area is 109 Å². The molecule has 98 valence electrons. The van der Waals surface area contributed by atoms with Gasteiger partial charge >= 0.3 is 6.03 Å². The molecule has 0 unspecified atom stereocenters. The molecule has 1 aromatic carbocycles. The molecule has 1 aliphatic heterocycles. The number of benzene rings is 1. The van der Waals surface area contributed by atoms with E-state index in [2.05, 4.69) is 5.32 Å². The van der Waals surface area contributed by atoms with Gasteiger partial charge < -0.3 is 10.2 Å². The van der Waals surface area contributed by atoms with Gasteiger partial charge in [0.15, 0.2) is 0 Å². The Bertz CT molecular complexity index is 380. The van der Waals surface area contributed by atoms with Crippen molar-refractivity contribution < 1.29 is 4.79 Å². The summed E-state index contributed by atoms with van der Waals surface area (Å²) in [5, 5.41) is 3.11. The molecular weight excluding hydrogens is 226 g/mol. The Kier molecular flexibility index (Phi) is 4.59. The zero-order chi connectivity index (χ0) is 12.8. The minimum Gasteiger partial charge on any atom is -0.324 e. The van der Waals surface area contributed by atoms with Gasteiger partial charge in [-0.3, -0.25) is 4.90 Å². The van der Waals surface area contributed by atoms with Gasteiger partial charge in [-0.1, -0.05) is 18.2 Å². The van der Waals surface area contributed by atoms with Crippen molar-refractivity contribution in [1.29, 1.82) is 0 Å². The summed E-state index contributed by atoms with van der Waals surface area (Å²) in [7, 11) is 1.94. The molecule has 18 heavy (non-hydrogen) atoms. The van der Waals surface area contributed by atoms with E-state index in [0.29, 0.717) is 0 Å². The fourth-order valence-corrected chi connectivity index (χ4v) is 2.28. The molecular formula is C14H21N3O. The van der Waals surface area contributed by atoms with E-state index < -0.39 is 0 Å². The van der Waals surface area contributed by atoms with Crippen LogP contribution in [0, 0.1) is 0 Å². The van der Waals surface area contributed by atoms with Crippen molar-refractivity contribution in [2.45, 2.75) is 12.8 Å². The van der Waals surface area contributed by atoms with Crippen LogP contribution in [0.3, 0.4) is 0 Å². The van der Waals surface area contributed by atoms with Gasteiger partial charge in [0.2, 0.25) is 0 Å². The van der Waals surface area contributed by atoms with Crippen LogP contribution < -0.4 is 10.2 Å². The third kappa shape index (κ3) is 3.01. The summed E-state index contributed by atoms with van der Waals surface area (Å²) in [4.78, 5) is 16.2. The summed E-state index contributed by atoms with van der Waals surface area (Å²) in [5.41, 5.74) is 1.00. The molecule has 4 heteroatoms. The molecule has 0 radical (unpaired) electrons. The van der Waals surface area contributed by atoms with Crippen molar-refractivity contribution in [3.63, 3.8) is 0 Å². The topological polar surface area (TPSA) is 35.6 Å². The molecule has 0 aromatic heterocycles. The average molecular weight is 247 g/mol. The molecule has 1 saturated heterocycles. The first-order valence-corrected chi connectivity index (χ1v) is 6.59. The Morgan fingerprint density at radius 2 is 2.00 bits per heavy atom. The maximum absolute atomic E-state index is 12.4. The lowest BCUT2D eigenvalue weighted by Gasteiger charge is -2.35. The summed E-state index contributed by atoms with van der Waals surface area (Å²) < 4.78 is 0. The third-order valence-electron chi connectivity index (χ3n) is 3.23. The largest absolute Gasteiger partial charge is 0.324 e. The first-order valence-electron chi connectivity index (χ1n) is 6.59. The highest BCUT2D eigenvalue weighted by Crippen LogP contribution is 2.19. The maximum Gasteiger partial charge on any atom is 0.324 e. The Hall–Kier alpha value is -1.55. The Morgan fingerprint density at radius 3 is 2.72 bits per heavy atom. The second-order valence-electron chi connectivity index (χ2n) is 4.57. The lowest BCUT2D eigenvalue weighted by atomic mass is 10.2. The molecule has 0 saturated carbocycles. The number of rotatable bonds is 5. The molecule has 1 fully saturated rings. The molecule has 2 rings (SSSR count). The molecule has 0 spiro atoms. The molecule has 4 nitrogen and oxygen atoms in total. The van der Waals surface area contributed by atoms with Crippen molar-refractivity contribution in [3.05, 3.63) is 30.3 Å². The number of carbonyl (C=O) groups is 1. The van der Waals surface area contributed by atoms with Crippen molar-refractivity contribution >= 4 is 11.7 Å². The highest BCUT2D eigenvalue weighted by atomic mass is 16.2. The normalized spacial score (nSPS) is 16.2. The predicted molar refractivity (Wildman–Crippen MR) is 73.9 cm³/mol. The summed E-state index contributed by atoms with van der Waals surface area (Å²) in [6, 6.07) is 10.1. The van der Waals surface area contributed by atoms with Crippen molar-refractivity contribution in [2.24, 2.45) is 0 Å². The lowest BCUT2D eigenvalue weighted by molar-refractivity contribution is 0.194. The van der Waals surface area contributed by atoms with Crippen LogP contribution in [0.4, 0.5) is 10.5 Å². The predicted octanol–water partition coefficient (Wildman–Crippen LogP) is 1.93. The number of nitrogens with zero attached hydrogens (tertiary/aromatic N) is 2. The number of para-hydroxylation sites is 1. The first-order chi connectivity index (χ1) is 8.83. The second kappa shape index (κ2) is 6.40. The molecule has 1 aromatic rings. The van der Waals surface area contributed by atoms with E-state index in [4.69, 9.17) is 0 Å². The van der Waals surface area contributed by atoms with Gasteiger partial charge in [-0.25, -0.2) is 4.79 Å². The van der Waals surface area contributed by atoms with Crippen molar-refractivity contribution in [3.8, 4) is 0 Å². The van der Waals surface area contributed by atoms with E-state index >= 15 is 0 Å². The number of hydrogen-bond donors (Lipinski definition) is 1. The lowest BCUT2D eigenvalue weighted by Crippen LogP contribution is -2.50. The van der Waals surface area contributed by atoms with Gasteiger partial charge in [0, 0.05) is 25.3 Å². The van der Waals surface area contributed by atoms with Crippen molar-refractivity contribution in [2.75, 3.05) is 38.1 Å². The van der Waals surface area contributed by atoms with Gasteiger partial charge in [0.25, 0.3) is 0 Å². The van der Waals surface area contributed by atoms with E-state index in [1.54, 1.807) is 0 Å². The van der Waals surface area contributed by atoms with E-state index in [1.165, 1.54) is 0 Å². The first kappa shape index (κ1) is 12.9. The van der Waals surface area contributed by atoms with Crippen LogP contribution in [0.25, 0.3) is 0 Å². The molecule has 0 atom stereocenters. The summed E-state index contributed by atoms with van der Waals surface area (Å²) in [6.07, 6.45) is 2.05. The maximum atomic E-state index is 12.4. The van der Waals surface area contributed by atoms with Gasteiger partial charge in [0.05, 0.1) is 0 Å². The fraction of sp³-hybridized carbons (Fsp3) is 0.500. The molecule has 0 bridgehead atoms. The SMILES string of the molecule is CNCCCN1CCCN(c2ccccc2)C1=O. The van der Waals surface area contributed by atoms with Gasteiger partial charge in [-0.15, -0.1) is 0 Å². The van der Waals surface area contributed by atoms with Crippen LogP contribution >= 0.6 is 0 Å². The smallest absolute Gasteiger partial charge is 0.324 e. The van der Waals surface area contributed by atoms with Crippen LogP contribution in [0.15, 0.2) is 30.3 Å².